The van der Waals surface area contributed by atoms with Gasteiger partial charge in [-0.3, -0.25) is 20.2 Å². The first kappa shape index (κ1) is 24.6. The molecule has 31 heavy (non-hydrogen) atoms. The van der Waals surface area contributed by atoms with Gasteiger partial charge in [0.15, 0.2) is 5.82 Å². The first-order chi connectivity index (χ1) is 14.5. The maximum atomic E-state index is 12.6. The number of carbonyl (C=O) groups is 2. The minimum Gasteiger partial charge on any atom is -0.444 e. The van der Waals surface area contributed by atoms with Crippen molar-refractivity contribution < 1.29 is 24.2 Å². The number of hydrogen-bond donors (Lipinski definition) is 4. The summed E-state index contributed by atoms with van der Waals surface area (Å²) in [7, 11) is 0. The molecule has 1 aliphatic heterocycles. The summed E-state index contributed by atoms with van der Waals surface area (Å²) >= 11 is 0. The van der Waals surface area contributed by atoms with E-state index in [2.05, 4.69) is 21.2 Å². The molecule has 2 amide bonds. The summed E-state index contributed by atoms with van der Waals surface area (Å²) in [6, 6.07) is 0.687. The summed E-state index contributed by atoms with van der Waals surface area (Å²) in [5, 5.41) is 11.8. The number of alkyl carbamates (subject to hydrolysis) is 1. The van der Waals surface area contributed by atoms with Crippen molar-refractivity contribution in [1.29, 1.82) is 0 Å². The molecule has 0 unspecified atom stereocenters. The van der Waals surface area contributed by atoms with E-state index < -0.39 is 35.6 Å². The number of hydrogen-bond acceptors (Lipinski definition) is 8. The van der Waals surface area contributed by atoms with Gasteiger partial charge in [0.25, 0.3) is 5.91 Å². The zero-order valence-electron chi connectivity index (χ0n) is 18.7. The summed E-state index contributed by atoms with van der Waals surface area (Å²) in [6.45, 7) is 8.85. The maximum absolute atomic E-state index is 12.6. The Balaban J connectivity index is 1.99. The van der Waals surface area contributed by atoms with E-state index in [4.69, 9.17) is 14.6 Å². The average molecular weight is 440 g/mol. The zero-order chi connectivity index (χ0) is 23.2. The first-order valence-electron chi connectivity index (χ1n) is 10.4. The van der Waals surface area contributed by atoms with E-state index in [1.54, 1.807) is 20.8 Å². The number of rotatable bonds is 8. The molecule has 11 heteroatoms. The molecule has 1 saturated heterocycles. The number of nitrogens with one attached hydrogen (secondary N) is 3. The van der Waals surface area contributed by atoms with Gasteiger partial charge in [0.05, 0.1) is 12.7 Å². The Morgan fingerprint density at radius 1 is 1.39 bits per heavy atom. The van der Waals surface area contributed by atoms with Gasteiger partial charge in [-0.2, -0.15) is 4.98 Å². The van der Waals surface area contributed by atoms with Gasteiger partial charge < -0.3 is 19.9 Å². The first-order valence-corrected chi connectivity index (χ1v) is 10.4. The van der Waals surface area contributed by atoms with Gasteiger partial charge in [0.2, 0.25) is 0 Å². The van der Waals surface area contributed by atoms with E-state index >= 15 is 0 Å². The normalized spacial score (nSPS) is 20.6. The molecule has 0 bridgehead atoms. The number of aliphatic hydroxyl groups is 1. The van der Waals surface area contributed by atoms with Crippen molar-refractivity contribution in [2.24, 2.45) is 5.92 Å². The van der Waals surface area contributed by atoms with E-state index in [0.29, 0.717) is 19.3 Å². The van der Waals surface area contributed by atoms with Crippen molar-refractivity contribution in [2.45, 2.75) is 77.9 Å². The van der Waals surface area contributed by atoms with E-state index in [1.165, 1.54) is 16.8 Å². The number of nitrogens with zero attached hydrogens (tertiary/aromatic N) is 2. The van der Waals surface area contributed by atoms with Crippen LogP contribution in [0.15, 0.2) is 17.1 Å². The van der Waals surface area contributed by atoms with Gasteiger partial charge in [-0.05, 0) is 45.6 Å². The molecule has 0 radical (unpaired) electrons. The highest BCUT2D eigenvalue weighted by molar-refractivity contribution is 5.86. The van der Waals surface area contributed by atoms with Crippen LogP contribution in [0.5, 0.6) is 0 Å². The molecule has 0 spiro atoms. The topological polar surface area (TPSA) is 144 Å². The Morgan fingerprint density at radius 3 is 2.65 bits per heavy atom. The smallest absolute Gasteiger partial charge is 0.408 e. The Hall–Kier alpha value is -2.66. The van der Waals surface area contributed by atoms with E-state index in [0.717, 1.165) is 0 Å². The minimum absolute atomic E-state index is 0.0982. The van der Waals surface area contributed by atoms with E-state index in [-0.39, 0.29) is 24.4 Å². The molecule has 1 aromatic rings. The second kappa shape index (κ2) is 10.6. The van der Waals surface area contributed by atoms with Gasteiger partial charge in [-0.25, -0.2) is 9.59 Å². The largest absolute Gasteiger partial charge is 0.444 e. The van der Waals surface area contributed by atoms with Crippen LogP contribution < -0.4 is 21.9 Å². The molecule has 0 aliphatic carbocycles. The second-order valence-corrected chi connectivity index (χ2v) is 8.60. The van der Waals surface area contributed by atoms with Crippen LogP contribution >= 0.6 is 0 Å². The van der Waals surface area contributed by atoms with Crippen LogP contribution in [-0.2, 0) is 14.3 Å². The third kappa shape index (κ3) is 7.21. The number of amides is 2. The number of carbonyl (C=O) groups excluding carboxylic acids is 2. The third-order valence-electron chi connectivity index (χ3n) is 4.91. The lowest BCUT2D eigenvalue weighted by Gasteiger charge is -2.26. The zero-order valence-corrected chi connectivity index (χ0v) is 18.7. The van der Waals surface area contributed by atoms with Crippen LogP contribution in [0.25, 0.3) is 0 Å². The molecule has 4 N–H and O–H groups in total. The van der Waals surface area contributed by atoms with Crippen LogP contribution in [0.4, 0.5) is 10.6 Å². The highest BCUT2D eigenvalue weighted by Gasteiger charge is 2.29. The lowest BCUT2D eigenvalue weighted by Crippen LogP contribution is -2.52. The number of ether oxygens (including phenoxy) is 2. The number of aliphatic hydroxyl groups excluding tert-OH is 1. The van der Waals surface area contributed by atoms with Crippen LogP contribution in [0, 0.1) is 5.92 Å². The van der Waals surface area contributed by atoms with Crippen LogP contribution in [0.2, 0.25) is 0 Å². The minimum atomic E-state index is -0.838. The monoisotopic (exact) mass is 439 g/mol. The fraction of sp³-hybridized carbons (Fsp3) is 0.700. The Morgan fingerprint density at radius 2 is 2.10 bits per heavy atom. The maximum Gasteiger partial charge on any atom is 0.408 e. The molecular weight excluding hydrogens is 406 g/mol. The Bertz CT molecular complexity index is 821. The summed E-state index contributed by atoms with van der Waals surface area (Å²) in [6.07, 6.45) is 1.97. The quantitative estimate of drug-likeness (QED) is 0.444. The van der Waals surface area contributed by atoms with Gasteiger partial charge >= 0.3 is 11.8 Å². The van der Waals surface area contributed by atoms with E-state index in [1.807, 2.05) is 13.8 Å². The standard InChI is InChI=1S/C20H33N5O6/c1-6-12(2)16(22-19(29)31-20(3,4)5)17(27)24-23-14-9-10-25(18(28)21-14)15-8-7-13(11-26)30-15/h9-10,12-13,15-16,26H,6-8,11H2,1-5H3,(H,22,29)(H,24,27)(H,21,23,28)/t12-,13-,15+,16-/m0/s1. The fourth-order valence-electron chi connectivity index (χ4n) is 3.07. The predicted molar refractivity (Wildman–Crippen MR) is 113 cm³/mol. The predicted octanol–water partition coefficient (Wildman–Crippen LogP) is 1.30. The van der Waals surface area contributed by atoms with Crippen molar-refractivity contribution in [3.63, 3.8) is 0 Å². The number of hydrazine groups is 1. The molecule has 1 fully saturated rings. The summed E-state index contributed by atoms with van der Waals surface area (Å²) < 4.78 is 12.2. The van der Waals surface area contributed by atoms with Gasteiger partial charge in [0.1, 0.15) is 17.9 Å². The summed E-state index contributed by atoms with van der Waals surface area (Å²) in [4.78, 5) is 41.0. The SMILES string of the molecule is CC[C@H](C)[C@H](NC(=O)OC(C)(C)C)C(=O)NNc1ccn([C@H]2CC[C@@H](CO)O2)c(=O)n1. The van der Waals surface area contributed by atoms with Crippen molar-refractivity contribution in [3.8, 4) is 0 Å². The van der Waals surface area contributed by atoms with Crippen molar-refractivity contribution in [2.75, 3.05) is 12.0 Å². The van der Waals surface area contributed by atoms with Crippen LogP contribution in [-0.4, -0.2) is 51.0 Å². The molecule has 2 rings (SSSR count). The average Bonchev–Trinajstić information content (AvgIpc) is 3.17. The van der Waals surface area contributed by atoms with Crippen LogP contribution in [0.1, 0.15) is 60.1 Å². The lowest BCUT2D eigenvalue weighted by molar-refractivity contribution is -0.123. The second-order valence-electron chi connectivity index (χ2n) is 8.60. The van der Waals surface area contributed by atoms with Crippen molar-refractivity contribution >= 4 is 17.8 Å². The Kier molecular flexibility index (Phi) is 8.40. The molecule has 174 valence electrons. The molecule has 1 aliphatic rings. The third-order valence-corrected chi connectivity index (χ3v) is 4.91. The van der Waals surface area contributed by atoms with Crippen molar-refractivity contribution in [1.82, 2.24) is 20.3 Å². The highest BCUT2D eigenvalue weighted by atomic mass is 16.6. The molecule has 2 heterocycles. The van der Waals surface area contributed by atoms with E-state index in [9.17, 15) is 14.4 Å². The van der Waals surface area contributed by atoms with Crippen LogP contribution in [0.3, 0.4) is 0 Å². The van der Waals surface area contributed by atoms with Gasteiger partial charge in [-0.1, -0.05) is 20.3 Å². The summed E-state index contributed by atoms with van der Waals surface area (Å²) in [5.41, 5.74) is 3.85. The number of anilines is 1. The van der Waals surface area contributed by atoms with Crippen molar-refractivity contribution in [3.05, 3.63) is 22.7 Å². The molecular formula is C20H33N5O6. The highest BCUT2D eigenvalue weighted by Crippen LogP contribution is 2.26. The lowest BCUT2D eigenvalue weighted by atomic mass is 9.99. The molecule has 4 atom stereocenters. The Labute approximate surface area is 181 Å². The molecule has 11 nitrogen and oxygen atoms in total. The van der Waals surface area contributed by atoms with Gasteiger partial charge in [-0.15, -0.1) is 0 Å². The molecule has 0 saturated carbocycles. The summed E-state index contributed by atoms with van der Waals surface area (Å²) in [5.74, 6) is -0.503. The molecule has 0 aromatic carbocycles. The fourth-order valence-corrected chi connectivity index (χ4v) is 3.07. The van der Waals surface area contributed by atoms with Gasteiger partial charge in [0, 0.05) is 6.20 Å². The molecule has 1 aromatic heterocycles. The number of aromatic nitrogens is 2.